The van der Waals surface area contributed by atoms with E-state index in [-0.39, 0.29) is 35.8 Å². The summed E-state index contributed by atoms with van der Waals surface area (Å²) in [6, 6.07) is 8.23. The predicted molar refractivity (Wildman–Crippen MR) is 137 cm³/mol. The molecule has 0 spiro atoms. The molecule has 1 amide bonds. The summed E-state index contributed by atoms with van der Waals surface area (Å²) >= 11 is 0. The number of aliphatic carboxylic acids is 1. The van der Waals surface area contributed by atoms with Crippen LogP contribution in [0.25, 0.3) is 0 Å². The zero-order valence-corrected chi connectivity index (χ0v) is 20.9. The molecule has 8 heteroatoms. The molecule has 198 valence electrons. The number of benzene rings is 2. The highest BCUT2D eigenvalue weighted by Crippen LogP contribution is 2.31. The highest BCUT2D eigenvalue weighted by molar-refractivity contribution is 5.85. The number of hydrogen-bond donors (Lipinski definition) is 6. The number of phenols is 4. The summed E-state index contributed by atoms with van der Waals surface area (Å²) in [6.07, 6.45) is 8.98. The van der Waals surface area contributed by atoms with Crippen molar-refractivity contribution in [3.63, 3.8) is 0 Å². The summed E-state index contributed by atoms with van der Waals surface area (Å²) in [5, 5.41) is 51.7. The Morgan fingerprint density at radius 3 is 1.64 bits per heavy atom. The summed E-state index contributed by atoms with van der Waals surface area (Å²) < 4.78 is 0. The molecule has 0 aliphatic heterocycles. The SMILES string of the molecule is CCCCCCCCCCNC(=O)[C@H](Cc1ccc(O)c(O)c1)[C@@H](Cc1ccc(O)c(O)c1)C(=O)O. The van der Waals surface area contributed by atoms with Gasteiger partial charge in [-0.25, -0.2) is 0 Å². The van der Waals surface area contributed by atoms with E-state index in [2.05, 4.69) is 12.2 Å². The molecule has 0 unspecified atom stereocenters. The van der Waals surface area contributed by atoms with Gasteiger partial charge in [-0.2, -0.15) is 0 Å². The molecule has 0 aliphatic rings. The highest BCUT2D eigenvalue weighted by atomic mass is 16.4. The number of amides is 1. The lowest BCUT2D eigenvalue weighted by molar-refractivity contribution is -0.147. The smallest absolute Gasteiger partial charge is 0.307 e. The predicted octanol–water partition coefficient (Wildman–Crippen LogP) is 4.87. The molecule has 0 aliphatic carbocycles. The van der Waals surface area contributed by atoms with Gasteiger partial charge in [-0.3, -0.25) is 9.59 Å². The van der Waals surface area contributed by atoms with Crippen molar-refractivity contribution >= 4 is 11.9 Å². The topological polar surface area (TPSA) is 147 Å². The minimum absolute atomic E-state index is 0.0386. The minimum Gasteiger partial charge on any atom is -0.504 e. The lowest BCUT2D eigenvalue weighted by Crippen LogP contribution is -2.40. The molecule has 0 aromatic heterocycles. The fourth-order valence-electron chi connectivity index (χ4n) is 4.32. The summed E-state index contributed by atoms with van der Waals surface area (Å²) in [4.78, 5) is 25.4. The number of unbranched alkanes of at least 4 members (excludes halogenated alkanes) is 7. The average molecular weight is 502 g/mol. The Labute approximate surface area is 212 Å². The molecule has 0 saturated carbocycles. The van der Waals surface area contributed by atoms with Gasteiger partial charge in [0, 0.05) is 6.54 Å². The molecule has 0 radical (unpaired) electrons. The molecule has 6 N–H and O–H groups in total. The van der Waals surface area contributed by atoms with Crippen molar-refractivity contribution in [2.24, 2.45) is 11.8 Å². The number of carbonyl (C=O) groups excluding carboxylic acids is 1. The van der Waals surface area contributed by atoms with E-state index in [1.807, 2.05) is 0 Å². The summed E-state index contributed by atoms with van der Waals surface area (Å²) in [7, 11) is 0. The van der Waals surface area contributed by atoms with Gasteiger partial charge in [-0.15, -0.1) is 0 Å². The van der Waals surface area contributed by atoms with Crippen molar-refractivity contribution in [1.29, 1.82) is 0 Å². The molecule has 2 rings (SSSR count). The highest BCUT2D eigenvalue weighted by Gasteiger charge is 2.34. The quantitative estimate of drug-likeness (QED) is 0.142. The van der Waals surface area contributed by atoms with Gasteiger partial charge < -0.3 is 30.8 Å². The Hall–Kier alpha value is -3.42. The molecule has 0 bridgehead atoms. The third kappa shape index (κ3) is 9.32. The van der Waals surface area contributed by atoms with Crippen LogP contribution >= 0.6 is 0 Å². The molecule has 8 nitrogen and oxygen atoms in total. The van der Waals surface area contributed by atoms with E-state index in [0.717, 1.165) is 19.3 Å². The van der Waals surface area contributed by atoms with Crippen LogP contribution in [0.15, 0.2) is 36.4 Å². The fraction of sp³-hybridized carbons (Fsp3) is 0.500. The second kappa shape index (κ2) is 14.9. The van der Waals surface area contributed by atoms with E-state index in [1.54, 1.807) is 6.07 Å². The van der Waals surface area contributed by atoms with Crippen molar-refractivity contribution in [2.75, 3.05) is 6.54 Å². The first-order valence-corrected chi connectivity index (χ1v) is 12.7. The summed E-state index contributed by atoms with van der Waals surface area (Å²) in [6.45, 7) is 2.63. The minimum atomic E-state index is -1.17. The van der Waals surface area contributed by atoms with Crippen LogP contribution in [0, 0.1) is 11.8 Å². The normalized spacial score (nSPS) is 12.7. The lowest BCUT2D eigenvalue weighted by Gasteiger charge is -2.24. The van der Waals surface area contributed by atoms with Crippen molar-refractivity contribution < 1.29 is 35.1 Å². The van der Waals surface area contributed by atoms with Crippen molar-refractivity contribution in [3.05, 3.63) is 47.5 Å². The number of hydrogen-bond acceptors (Lipinski definition) is 6. The fourth-order valence-corrected chi connectivity index (χ4v) is 4.32. The van der Waals surface area contributed by atoms with Gasteiger partial charge >= 0.3 is 5.97 Å². The number of phenolic OH excluding ortho intramolecular Hbond substituents is 4. The zero-order chi connectivity index (χ0) is 26.5. The molecular formula is C28H39NO7. The van der Waals surface area contributed by atoms with Crippen LogP contribution in [0.5, 0.6) is 23.0 Å². The van der Waals surface area contributed by atoms with Gasteiger partial charge in [-0.1, -0.05) is 64.0 Å². The van der Waals surface area contributed by atoms with Crippen LogP contribution in [0.2, 0.25) is 0 Å². The van der Waals surface area contributed by atoms with Crippen LogP contribution in [-0.2, 0) is 22.4 Å². The summed E-state index contributed by atoms with van der Waals surface area (Å²) in [5.74, 6) is -4.98. The largest absolute Gasteiger partial charge is 0.504 e. The van der Waals surface area contributed by atoms with Gasteiger partial charge in [0.1, 0.15) is 0 Å². The van der Waals surface area contributed by atoms with Crippen LogP contribution in [0.3, 0.4) is 0 Å². The first-order valence-electron chi connectivity index (χ1n) is 12.7. The van der Waals surface area contributed by atoms with E-state index in [1.165, 1.54) is 62.4 Å². The molecule has 2 aromatic rings. The molecule has 36 heavy (non-hydrogen) atoms. The van der Waals surface area contributed by atoms with Gasteiger partial charge in [0.25, 0.3) is 0 Å². The third-order valence-corrected chi connectivity index (χ3v) is 6.46. The number of carboxylic acid groups (broad SMARTS) is 1. The number of carboxylic acids is 1. The standard InChI is InChI=1S/C28H39NO7/c1-2-3-4-5-6-7-8-9-14-29-27(34)21(15-19-10-12-23(30)25(32)17-19)22(28(35)36)16-20-11-13-24(31)26(33)18-20/h10-13,17-18,21-22,30-33H,2-9,14-16H2,1H3,(H,29,34)(H,35,36)/t21-,22-/m1/s1. The van der Waals surface area contributed by atoms with Gasteiger partial charge in [0.15, 0.2) is 23.0 Å². The molecule has 0 heterocycles. The monoisotopic (exact) mass is 501 g/mol. The van der Waals surface area contributed by atoms with Crippen LogP contribution in [0.1, 0.15) is 69.4 Å². The van der Waals surface area contributed by atoms with Crippen molar-refractivity contribution in [3.8, 4) is 23.0 Å². The zero-order valence-electron chi connectivity index (χ0n) is 20.9. The van der Waals surface area contributed by atoms with E-state index >= 15 is 0 Å². The number of rotatable bonds is 16. The lowest BCUT2D eigenvalue weighted by atomic mass is 9.82. The first kappa shape index (κ1) is 28.8. The van der Waals surface area contributed by atoms with Gasteiger partial charge in [0.2, 0.25) is 5.91 Å². The van der Waals surface area contributed by atoms with Gasteiger partial charge in [0.05, 0.1) is 11.8 Å². The molecule has 0 saturated heterocycles. The molecule has 2 aromatic carbocycles. The Balaban J connectivity index is 2.09. The maximum absolute atomic E-state index is 13.2. The van der Waals surface area contributed by atoms with Crippen molar-refractivity contribution in [1.82, 2.24) is 5.32 Å². The maximum Gasteiger partial charge on any atom is 0.307 e. The Kier molecular flexibility index (Phi) is 11.9. The summed E-state index contributed by atoms with van der Waals surface area (Å²) in [5.41, 5.74) is 0.976. The number of carbonyl (C=O) groups is 2. The average Bonchev–Trinajstić information content (AvgIpc) is 2.84. The maximum atomic E-state index is 13.2. The van der Waals surface area contributed by atoms with E-state index in [4.69, 9.17) is 0 Å². The number of nitrogens with one attached hydrogen (secondary N) is 1. The van der Waals surface area contributed by atoms with E-state index in [0.29, 0.717) is 17.7 Å². The molecule has 0 fully saturated rings. The first-order chi connectivity index (χ1) is 17.2. The van der Waals surface area contributed by atoms with Crippen LogP contribution in [0.4, 0.5) is 0 Å². The number of aromatic hydroxyl groups is 4. The third-order valence-electron chi connectivity index (χ3n) is 6.46. The molecular weight excluding hydrogens is 462 g/mol. The molecule has 2 atom stereocenters. The Morgan fingerprint density at radius 2 is 1.17 bits per heavy atom. The van der Waals surface area contributed by atoms with E-state index < -0.39 is 23.7 Å². The Morgan fingerprint density at radius 1 is 0.694 bits per heavy atom. The van der Waals surface area contributed by atoms with Crippen LogP contribution < -0.4 is 5.32 Å². The van der Waals surface area contributed by atoms with E-state index in [9.17, 15) is 35.1 Å². The van der Waals surface area contributed by atoms with Crippen molar-refractivity contribution in [2.45, 2.75) is 71.1 Å². The second-order valence-electron chi connectivity index (χ2n) is 9.37. The van der Waals surface area contributed by atoms with Gasteiger partial charge in [-0.05, 0) is 54.7 Å². The Bertz CT molecular complexity index is 992. The second-order valence-corrected chi connectivity index (χ2v) is 9.37. The van der Waals surface area contributed by atoms with Crippen LogP contribution in [-0.4, -0.2) is 44.0 Å².